The second kappa shape index (κ2) is 8.31. The third-order valence-corrected chi connectivity index (χ3v) is 4.19. The van der Waals surface area contributed by atoms with E-state index in [-0.39, 0.29) is 17.5 Å². The average Bonchev–Trinajstić information content (AvgIpc) is 3.02. The minimum absolute atomic E-state index is 0.00969. The maximum Gasteiger partial charge on any atom is 0.324 e. The van der Waals surface area contributed by atoms with Crippen molar-refractivity contribution < 1.29 is 14.5 Å². The summed E-state index contributed by atoms with van der Waals surface area (Å²) in [6, 6.07) is 9.57. The molecule has 0 radical (unpaired) electrons. The standard InChI is InChI=1S/C14H11BrN4O4S/c15-10-3-1-9(2-4-10)14(21)16-8-12(20)18-17-7-11-5-6-13(24-11)19(22)23/h1-7H,8H2,(H,16,21)(H,18,20). The van der Waals surface area contributed by atoms with Gasteiger partial charge in [-0.15, -0.1) is 0 Å². The first-order valence-corrected chi connectivity index (χ1v) is 8.16. The highest BCUT2D eigenvalue weighted by molar-refractivity contribution is 9.10. The number of thiophene rings is 1. The molecule has 1 aromatic heterocycles. The molecular formula is C14H11BrN4O4S. The van der Waals surface area contributed by atoms with Crippen LogP contribution in [0.25, 0.3) is 0 Å². The Bertz CT molecular complexity index is 788. The van der Waals surface area contributed by atoms with Gasteiger partial charge in [0, 0.05) is 16.1 Å². The molecule has 2 N–H and O–H groups in total. The van der Waals surface area contributed by atoms with E-state index in [2.05, 4.69) is 31.8 Å². The summed E-state index contributed by atoms with van der Waals surface area (Å²) in [5.41, 5.74) is 2.66. The third-order valence-electron chi connectivity index (χ3n) is 2.69. The van der Waals surface area contributed by atoms with E-state index in [9.17, 15) is 19.7 Å². The van der Waals surface area contributed by atoms with Crippen LogP contribution in [-0.2, 0) is 4.79 Å². The minimum atomic E-state index is -0.511. The normalized spacial score (nSPS) is 10.5. The van der Waals surface area contributed by atoms with Crippen molar-refractivity contribution >= 4 is 50.3 Å². The van der Waals surface area contributed by atoms with Gasteiger partial charge >= 0.3 is 5.00 Å². The molecule has 0 saturated carbocycles. The first-order valence-electron chi connectivity index (χ1n) is 6.55. The first-order chi connectivity index (χ1) is 11.5. The summed E-state index contributed by atoms with van der Waals surface area (Å²) in [5, 5.41) is 16.7. The molecule has 0 aliphatic carbocycles. The fraction of sp³-hybridized carbons (Fsp3) is 0.0714. The Kier molecular flexibility index (Phi) is 6.15. The number of hydrazone groups is 1. The van der Waals surface area contributed by atoms with Crippen molar-refractivity contribution in [2.24, 2.45) is 5.10 Å². The monoisotopic (exact) mass is 410 g/mol. The van der Waals surface area contributed by atoms with Crippen LogP contribution < -0.4 is 10.7 Å². The molecule has 0 aliphatic rings. The van der Waals surface area contributed by atoms with Gasteiger partial charge in [-0.2, -0.15) is 5.10 Å². The molecule has 0 bridgehead atoms. The van der Waals surface area contributed by atoms with E-state index < -0.39 is 10.8 Å². The zero-order chi connectivity index (χ0) is 17.5. The van der Waals surface area contributed by atoms with Gasteiger partial charge < -0.3 is 5.32 Å². The molecule has 8 nitrogen and oxygen atoms in total. The smallest absolute Gasteiger partial charge is 0.324 e. The summed E-state index contributed by atoms with van der Waals surface area (Å²) >= 11 is 4.20. The van der Waals surface area contributed by atoms with Crippen molar-refractivity contribution in [1.82, 2.24) is 10.7 Å². The molecule has 0 spiro atoms. The van der Waals surface area contributed by atoms with E-state index >= 15 is 0 Å². The molecule has 1 heterocycles. The van der Waals surface area contributed by atoms with Gasteiger partial charge in [0.2, 0.25) is 0 Å². The molecule has 2 rings (SSSR count). The number of nitrogens with zero attached hydrogens (tertiary/aromatic N) is 2. The molecular weight excluding hydrogens is 400 g/mol. The van der Waals surface area contributed by atoms with Crippen LogP contribution in [0.5, 0.6) is 0 Å². The molecule has 0 saturated heterocycles. The number of carbonyl (C=O) groups excluding carboxylic acids is 2. The molecule has 0 aliphatic heterocycles. The Balaban J connectivity index is 1.78. The topological polar surface area (TPSA) is 114 Å². The lowest BCUT2D eigenvalue weighted by Gasteiger charge is -2.04. The predicted molar refractivity (Wildman–Crippen MR) is 93.2 cm³/mol. The van der Waals surface area contributed by atoms with Crippen LogP contribution in [0.1, 0.15) is 15.2 Å². The quantitative estimate of drug-likeness (QED) is 0.431. The number of rotatable bonds is 6. The number of hydrogen-bond donors (Lipinski definition) is 2. The minimum Gasteiger partial charge on any atom is -0.343 e. The zero-order valence-corrected chi connectivity index (χ0v) is 14.5. The number of nitro groups is 1. The average molecular weight is 411 g/mol. The van der Waals surface area contributed by atoms with E-state index in [0.29, 0.717) is 10.4 Å². The molecule has 1 aromatic carbocycles. The summed E-state index contributed by atoms with van der Waals surface area (Å²) in [5.74, 6) is -0.890. The summed E-state index contributed by atoms with van der Waals surface area (Å²) in [4.78, 5) is 34.0. The van der Waals surface area contributed by atoms with E-state index in [1.807, 2.05) is 0 Å². The molecule has 2 aromatic rings. The molecule has 10 heteroatoms. The Hall–Kier alpha value is -2.59. The van der Waals surface area contributed by atoms with Gasteiger partial charge in [-0.05, 0) is 30.3 Å². The van der Waals surface area contributed by atoms with E-state index in [0.717, 1.165) is 15.8 Å². The van der Waals surface area contributed by atoms with Gasteiger partial charge in [0.15, 0.2) is 0 Å². The second-order valence-electron chi connectivity index (χ2n) is 4.42. The number of carbonyl (C=O) groups is 2. The van der Waals surface area contributed by atoms with Gasteiger partial charge in [0.25, 0.3) is 11.8 Å². The Morgan fingerprint density at radius 2 is 1.96 bits per heavy atom. The van der Waals surface area contributed by atoms with Crippen molar-refractivity contribution in [3.8, 4) is 0 Å². The van der Waals surface area contributed by atoms with Crippen molar-refractivity contribution in [3.63, 3.8) is 0 Å². The first kappa shape index (κ1) is 17.8. The van der Waals surface area contributed by atoms with Gasteiger partial charge in [0.1, 0.15) is 0 Å². The molecule has 0 unspecified atom stereocenters. The summed E-state index contributed by atoms with van der Waals surface area (Å²) in [6.07, 6.45) is 1.30. The van der Waals surface area contributed by atoms with Crippen LogP contribution in [0.3, 0.4) is 0 Å². The van der Waals surface area contributed by atoms with Gasteiger partial charge in [-0.3, -0.25) is 19.7 Å². The maximum absolute atomic E-state index is 11.8. The lowest BCUT2D eigenvalue weighted by atomic mass is 10.2. The lowest BCUT2D eigenvalue weighted by Crippen LogP contribution is -2.34. The highest BCUT2D eigenvalue weighted by atomic mass is 79.9. The highest BCUT2D eigenvalue weighted by Crippen LogP contribution is 2.22. The highest BCUT2D eigenvalue weighted by Gasteiger charge is 2.09. The fourth-order valence-corrected chi connectivity index (χ4v) is 2.54. The lowest BCUT2D eigenvalue weighted by molar-refractivity contribution is -0.380. The largest absolute Gasteiger partial charge is 0.343 e. The Morgan fingerprint density at radius 3 is 2.58 bits per heavy atom. The summed E-state index contributed by atoms with van der Waals surface area (Å²) in [6.45, 7) is -0.239. The van der Waals surface area contributed by atoms with E-state index in [4.69, 9.17) is 0 Å². The molecule has 0 atom stereocenters. The third kappa shape index (κ3) is 5.25. The van der Waals surface area contributed by atoms with Gasteiger partial charge in [-0.1, -0.05) is 27.3 Å². The molecule has 24 heavy (non-hydrogen) atoms. The Labute approximate surface area is 148 Å². The van der Waals surface area contributed by atoms with Crippen molar-refractivity contribution in [3.05, 3.63) is 61.4 Å². The van der Waals surface area contributed by atoms with Crippen LogP contribution in [-0.4, -0.2) is 29.5 Å². The molecule has 2 amide bonds. The van der Waals surface area contributed by atoms with Crippen LogP contribution in [0.15, 0.2) is 46.0 Å². The summed E-state index contributed by atoms with van der Waals surface area (Å²) < 4.78 is 0.847. The van der Waals surface area contributed by atoms with Gasteiger partial charge in [0.05, 0.1) is 22.6 Å². The maximum atomic E-state index is 11.8. The second-order valence-corrected chi connectivity index (χ2v) is 6.43. The van der Waals surface area contributed by atoms with Crippen LogP contribution >= 0.6 is 27.3 Å². The molecule has 124 valence electrons. The van der Waals surface area contributed by atoms with E-state index in [1.54, 1.807) is 24.3 Å². The fourth-order valence-electron chi connectivity index (χ4n) is 1.58. The predicted octanol–water partition coefficient (Wildman–Crippen LogP) is 2.30. The number of halogens is 1. The molecule has 0 fully saturated rings. The Morgan fingerprint density at radius 1 is 1.25 bits per heavy atom. The van der Waals surface area contributed by atoms with Crippen molar-refractivity contribution in [2.45, 2.75) is 0 Å². The van der Waals surface area contributed by atoms with Crippen molar-refractivity contribution in [1.29, 1.82) is 0 Å². The van der Waals surface area contributed by atoms with Crippen LogP contribution in [0.4, 0.5) is 5.00 Å². The summed E-state index contributed by atoms with van der Waals surface area (Å²) in [7, 11) is 0. The van der Waals surface area contributed by atoms with Crippen LogP contribution in [0.2, 0.25) is 0 Å². The number of amides is 2. The van der Waals surface area contributed by atoms with Crippen molar-refractivity contribution in [2.75, 3.05) is 6.54 Å². The number of benzene rings is 1. The van der Waals surface area contributed by atoms with Gasteiger partial charge in [-0.25, -0.2) is 5.43 Å². The SMILES string of the molecule is O=C(CNC(=O)c1ccc(Br)cc1)NN=Cc1ccc([N+](=O)[O-])s1. The zero-order valence-electron chi connectivity index (χ0n) is 12.1. The van der Waals surface area contributed by atoms with Crippen LogP contribution in [0, 0.1) is 10.1 Å². The number of hydrogen-bond acceptors (Lipinski definition) is 6. The number of nitrogens with one attached hydrogen (secondary N) is 2. The van der Waals surface area contributed by atoms with E-state index in [1.165, 1.54) is 18.3 Å².